The molecule has 0 bridgehead atoms. The van der Waals surface area contributed by atoms with E-state index in [-0.39, 0.29) is 12.4 Å². The molecule has 18 heavy (non-hydrogen) atoms. The standard InChI is InChI=1S/C15H25NO.ClH/c1-4-5-6-7-11(2)13-8-12(3)15(17)14(9-13)10-16;/h8-9,11,17H,4-7,10,16H2,1-3H3;1H. The summed E-state index contributed by atoms with van der Waals surface area (Å²) in [7, 11) is 0. The molecule has 0 aliphatic heterocycles. The van der Waals surface area contributed by atoms with Crippen LogP contribution >= 0.6 is 12.4 Å². The number of unbranched alkanes of at least 4 members (excludes halogenated alkanes) is 2. The molecule has 1 aromatic rings. The number of halogens is 1. The number of nitrogens with two attached hydrogens (primary N) is 1. The molecule has 3 heteroatoms. The summed E-state index contributed by atoms with van der Waals surface area (Å²) < 4.78 is 0. The van der Waals surface area contributed by atoms with Crippen LogP contribution < -0.4 is 5.73 Å². The maximum atomic E-state index is 9.84. The molecule has 0 aliphatic carbocycles. The van der Waals surface area contributed by atoms with Gasteiger partial charge in [-0.15, -0.1) is 12.4 Å². The molecule has 0 aromatic heterocycles. The summed E-state index contributed by atoms with van der Waals surface area (Å²) in [6.07, 6.45) is 5.04. The van der Waals surface area contributed by atoms with Gasteiger partial charge in [0.2, 0.25) is 0 Å². The molecule has 3 N–H and O–H groups in total. The van der Waals surface area contributed by atoms with Crippen LogP contribution in [-0.4, -0.2) is 5.11 Å². The normalized spacial score (nSPS) is 12.0. The second-order valence-corrected chi connectivity index (χ2v) is 4.95. The first kappa shape index (κ1) is 17.3. The van der Waals surface area contributed by atoms with E-state index >= 15 is 0 Å². The highest BCUT2D eigenvalue weighted by molar-refractivity contribution is 5.85. The van der Waals surface area contributed by atoms with Gasteiger partial charge >= 0.3 is 0 Å². The van der Waals surface area contributed by atoms with E-state index < -0.39 is 0 Å². The lowest BCUT2D eigenvalue weighted by Crippen LogP contribution is -2.02. The van der Waals surface area contributed by atoms with E-state index in [1.807, 2.05) is 6.92 Å². The van der Waals surface area contributed by atoms with Gasteiger partial charge in [-0.25, -0.2) is 0 Å². The Hall–Kier alpha value is -0.730. The number of rotatable bonds is 6. The molecule has 0 aliphatic rings. The van der Waals surface area contributed by atoms with Crippen molar-refractivity contribution in [3.05, 3.63) is 28.8 Å². The lowest BCUT2D eigenvalue weighted by atomic mass is 9.92. The van der Waals surface area contributed by atoms with Gasteiger partial charge in [-0.3, -0.25) is 0 Å². The minimum absolute atomic E-state index is 0. The molecule has 0 saturated heterocycles. The van der Waals surface area contributed by atoms with E-state index in [1.54, 1.807) is 0 Å². The number of aryl methyl sites for hydroxylation is 1. The van der Waals surface area contributed by atoms with Crippen molar-refractivity contribution in [1.29, 1.82) is 0 Å². The van der Waals surface area contributed by atoms with Crippen molar-refractivity contribution in [3.8, 4) is 5.75 Å². The molecule has 0 fully saturated rings. The molecule has 104 valence electrons. The second-order valence-electron chi connectivity index (χ2n) is 4.95. The zero-order chi connectivity index (χ0) is 12.8. The number of benzene rings is 1. The molecule has 1 atom stereocenters. The smallest absolute Gasteiger partial charge is 0.122 e. The fraction of sp³-hybridized carbons (Fsp3) is 0.600. The Kier molecular flexibility index (Phi) is 8.05. The summed E-state index contributed by atoms with van der Waals surface area (Å²) in [6, 6.07) is 4.14. The zero-order valence-corrected chi connectivity index (χ0v) is 12.5. The van der Waals surface area contributed by atoms with Gasteiger partial charge in [0.05, 0.1) is 0 Å². The van der Waals surface area contributed by atoms with Crippen molar-refractivity contribution in [2.24, 2.45) is 5.73 Å². The van der Waals surface area contributed by atoms with E-state index in [9.17, 15) is 5.11 Å². The van der Waals surface area contributed by atoms with Crippen LogP contribution in [0, 0.1) is 6.92 Å². The Labute approximate surface area is 117 Å². The highest BCUT2D eigenvalue weighted by atomic mass is 35.5. The first-order chi connectivity index (χ1) is 8.10. The van der Waals surface area contributed by atoms with Crippen molar-refractivity contribution in [1.82, 2.24) is 0 Å². The van der Waals surface area contributed by atoms with Crippen molar-refractivity contribution in [2.75, 3.05) is 0 Å². The van der Waals surface area contributed by atoms with Crippen LogP contribution in [0.15, 0.2) is 12.1 Å². The predicted molar refractivity (Wildman–Crippen MR) is 80.5 cm³/mol. The Bertz CT molecular complexity index is 366. The lowest BCUT2D eigenvalue weighted by molar-refractivity contribution is 0.463. The highest BCUT2D eigenvalue weighted by Crippen LogP contribution is 2.29. The number of phenols is 1. The maximum Gasteiger partial charge on any atom is 0.122 e. The third-order valence-electron chi connectivity index (χ3n) is 3.43. The Morgan fingerprint density at radius 2 is 1.94 bits per heavy atom. The molecule has 1 rings (SSSR count). The SMILES string of the molecule is CCCCCC(C)c1cc(C)c(O)c(CN)c1.Cl. The summed E-state index contributed by atoms with van der Waals surface area (Å²) in [6.45, 7) is 6.82. The molecule has 0 amide bonds. The first-order valence-electron chi connectivity index (χ1n) is 6.62. The number of hydrogen-bond acceptors (Lipinski definition) is 2. The summed E-state index contributed by atoms with van der Waals surface area (Å²) in [5.41, 5.74) is 8.75. The van der Waals surface area contributed by atoms with E-state index in [0.717, 1.165) is 11.1 Å². The lowest BCUT2D eigenvalue weighted by Gasteiger charge is -2.15. The van der Waals surface area contributed by atoms with Gasteiger partial charge in [0, 0.05) is 12.1 Å². The van der Waals surface area contributed by atoms with Crippen LogP contribution in [-0.2, 0) is 6.54 Å². The van der Waals surface area contributed by atoms with Gasteiger partial charge in [-0.2, -0.15) is 0 Å². The first-order valence-corrected chi connectivity index (χ1v) is 6.62. The van der Waals surface area contributed by atoms with E-state index in [0.29, 0.717) is 18.2 Å². The largest absolute Gasteiger partial charge is 0.507 e. The summed E-state index contributed by atoms with van der Waals surface area (Å²) in [5.74, 6) is 0.906. The fourth-order valence-electron chi connectivity index (χ4n) is 2.19. The molecule has 2 nitrogen and oxygen atoms in total. The van der Waals surface area contributed by atoms with Gasteiger partial charge in [0.1, 0.15) is 5.75 Å². The van der Waals surface area contributed by atoms with Crippen LogP contribution in [0.1, 0.15) is 62.1 Å². The molecule has 1 aromatic carbocycles. The van der Waals surface area contributed by atoms with Crippen molar-refractivity contribution in [2.45, 2.75) is 58.9 Å². The number of phenolic OH excluding ortho intramolecular Hbond substituents is 1. The molecule has 1 unspecified atom stereocenters. The summed E-state index contributed by atoms with van der Waals surface area (Å²) >= 11 is 0. The van der Waals surface area contributed by atoms with E-state index in [1.165, 1.54) is 31.2 Å². The number of aromatic hydroxyl groups is 1. The maximum absolute atomic E-state index is 9.84. The second kappa shape index (κ2) is 8.39. The Morgan fingerprint density at radius 3 is 2.50 bits per heavy atom. The molecule has 0 heterocycles. The summed E-state index contributed by atoms with van der Waals surface area (Å²) in [4.78, 5) is 0. The van der Waals surface area contributed by atoms with Crippen LogP contribution in [0.2, 0.25) is 0 Å². The van der Waals surface area contributed by atoms with Crippen LogP contribution in [0.4, 0.5) is 0 Å². The quantitative estimate of drug-likeness (QED) is 0.759. The van der Waals surface area contributed by atoms with Gasteiger partial charge in [-0.1, -0.05) is 45.2 Å². The van der Waals surface area contributed by atoms with Crippen molar-refractivity contribution >= 4 is 12.4 Å². The fourth-order valence-corrected chi connectivity index (χ4v) is 2.19. The Balaban J connectivity index is 0.00000289. The van der Waals surface area contributed by atoms with Crippen LogP contribution in [0.25, 0.3) is 0 Å². The molecular formula is C15H26ClNO. The van der Waals surface area contributed by atoms with Crippen LogP contribution in [0.5, 0.6) is 5.75 Å². The molecule has 0 spiro atoms. The average molecular weight is 272 g/mol. The topological polar surface area (TPSA) is 46.2 Å². The van der Waals surface area contributed by atoms with Gasteiger partial charge < -0.3 is 10.8 Å². The van der Waals surface area contributed by atoms with Crippen molar-refractivity contribution < 1.29 is 5.11 Å². The minimum atomic E-state index is 0. The minimum Gasteiger partial charge on any atom is -0.507 e. The number of hydrogen-bond donors (Lipinski definition) is 2. The zero-order valence-electron chi connectivity index (χ0n) is 11.7. The van der Waals surface area contributed by atoms with Gasteiger partial charge in [0.25, 0.3) is 0 Å². The predicted octanol–water partition coefficient (Wildman–Crippen LogP) is 4.26. The van der Waals surface area contributed by atoms with Gasteiger partial charge in [-0.05, 0) is 30.4 Å². The van der Waals surface area contributed by atoms with Crippen LogP contribution in [0.3, 0.4) is 0 Å². The third kappa shape index (κ3) is 4.51. The molecule has 0 saturated carbocycles. The monoisotopic (exact) mass is 271 g/mol. The Morgan fingerprint density at radius 1 is 1.28 bits per heavy atom. The van der Waals surface area contributed by atoms with E-state index in [2.05, 4.69) is 26.0 Å². The highest BCUT2D eigenvalue weighted by Gasteiger charge is 2.10. The average Bonchev–Trinajstić information content (AvgIpc) is 2.32. The molecule has 0 radical (unpaired) electrons. The van der Waals surface area contributed by atoms with Gasteiger partial charge in [0.15, 0.2) is 0 Å². The molecular weight excluding hydrogens is 246 g/mol. The summed E-state index contributed by atoms with van der Waals surface area (Å²) in [5, 5.41) is 9.84. The third-order valence-corrected chi connectivity index (χ3v) is 3.43. The van der Waals surface area contributed by atoms with Crippen molar-refractivity contribution in [3.63, 3.8) is 0 Å². The van der Waals surface area contributed by atoms with E-state index in [4.69, 9.17) is 5.73 Å².